The third kappa shape index (κ3) is 2.28. The van der Waals surface area contributed by atoms with E-state index in [4.69, 9.17) is 17.3 Å². The number of aromatic nitrogens is 2. The molecule has 96 valence electrons. The van der Waals surface area contributed by atoms with Crippen LogP contribution in [0.2, 0.25) is 5.02 Å². The van der Waals surface area contributed by atoms with Gasteiger partial charge < -0.3 is 10.7 Å². The van der Waals surface area contributed by atoms with Crippen LogP contribution in [0, 0.1) is 9.39 Å². The van der Waals surface area contributed by atoms with Crippen LogP contribution >= 0.6 is 34.2 Å². The number of imidazole rings is 1. The van der Waals surface area contributed by atoms with E-state index in [1.807, 2.05) is 0 Å². The first-order chi connectivity index (χ1) is 9.04. The molecule has 3 nitrogen and oxygen atoms in total. The van der Waals surface area contributed by atoms with Gasteiger partial charge in [-0.3, -0.25) is 0 Å². The Balaban J connectivity index is 2.23. The van der Waals surface area contributed by atoms with Gasteiger partial charge in [0.2, 0.25) is 0 Å². The Morgan fingerprint density at radius 3 is 2.79 bits per heavy atom. The molecule has 0 aliphatic rings. The van der Waals surface area contributed by atoms with Crippen molar-refractivity contribution in [3.05, 3.63) is 44.7 Å². The molecular weight excluding hydrogens is 380 g/mol. The van der Waals surface area contributed by atoms with E-state index in [-0.39, 0.29) is 5.82 Å². The molecule has 0 fully saturated rings. The first kappa shape index (κ1) is 12.7. The Morgan fingerprint density at radius 1 is 1.26 bits per heavy atom. The van der Waals surface area contributed by atoms with Crippen LogP contribution in [0.1, 0.15) is 0 Å². The second-order valence-electron chi connectivity index (χ2n) is 4.10. The van der Waals surface area contributed by atoms with Crippen LogP contribution in [0.15, 0.2) is 30.3 Å². The number of nitrogens with two attached hydrogens (primary N) is 1. The Bertz CT molecular complexity index is 785. The lowest BCUT2D eigenvalue weighted by Crippen LogP contribution is -1.87. The maximum absolute atomic E-state index is 13.1. The van der Waals surface area contributed by atoms with Crippen LogP contribution in [0.4, 0.5) is 10.1 Å². The van der Waals surface area contributed by atoms with Crippen LogP contribution in [0.25, 0.3) is 22.4 Å². The summed E-state index contributed by atoms with van der Waals surface area (Å²) in [6, 6.07) is 7.97. The summed E-state index contributed by atoms with van der Waals surface area (Å²) in [6.07, 6.45) is 0. The minimum atomic E-state index is -0.271. The van der Waals surface area contributed by atoms with Crippen molar-refractivity contribution in [3.8, 4) is 11.4 Å². The number of fused-ring (bicyclic) bond motifs is 1. The SMILES string of the molecule is Nc1cc(Cl)cc2[nH]c(-c3ccc(F)cc3I)nc12. The van der Waals surface area contributed by atoms with E-state index in [2.05, 4.69) is 32.6 Å². The van der Waals surface area contributed by atoms with Gasteiger partial charge in [-0.1, -0.05) is 11.6 Å². The average Bonchev–Trinajstić information content (AvgIpc) is 2.72. The third-order valence-electron chi connectivity index (χ3n) is 2.77. The minimum Gasteiger partial charge on any atom is -0.397 e. The maximum atomic E-state index is 13.1. The monoisotopic (exact) mass is 387 g/mol. The Kier molecular flexibility index (Phi) is 3.10. The molecule has 0 saturated heterocycles. The fraction of sp³-hybridized carbons (Fsp3) is 0. The number of H-pyrrole nitrogens is 1. The fourth-order valence-corrected chi connectivity index (χ4v) is 2.88. The first-order valence-electron chi connectivity index (χ1n) is 5.45. The number of nitrogens with one attached hydrogen (secondary N) is 1. The second-order valence-corrected chi connectivity index (χ2v) is 5.70. The molecule has 1 aromatic heterocycles. The molecule has 2 aromatic carbocycles. The number of nitrogen functional groups attached to an aromatic ring is 1. The number of halogens is 3. The number of hydrogen-bond donors (Lipinski definition) is 2. The predicted octanol–water partition coefficient (Wildman–Crippen LogP) is 4.21. The molecule has 3 rings (SSSR count). The largest absolute Gasteiger partial charge is 0.397 e. The highest BCUT2D eigenvalue weighted by Crippen LogP contribution is 2.29. The van der Waals surface area contributed by atoms with Crippen LogP contribution < -0.4 is 5.73 Å². The number of anilines is 1. The van der Waals surface area contributed by atoms with Crippen LogP contribution in [0.3, 0.4) is 0 Å². The fourth-order valence-electron chi connectivity index (χ4n) is 1.92. The minimum absolute atomic E-state index is 0.271. The maximum Gasteiger partial charge on any atom is 0.139 e. The zero-order valence-electron chi connectivity index (χ0n) is 9.55. The Morgan fingerprint density at radius 2 is 2.05 bits per heavy atom. The van der Waals surface area contributed by atoms with Gasteiger partial charge >= 0.3 is 0 Å². The lowest BCUT2D eigenvalue weighted by atomic mass is 10.2. The van der Waals surface area contributed by atoms with Crippen molar-refractivity contribution >= 4 is 50.9 Å². The summed E-state index contributed by atoms with van der Waals surface area (Å²) in [4.78, 5) is 7.60. The van der Waals surface area contributed by atoms with E-state index < -0.39 is 0 Å². The zero-order valence-corrected chi connectivity index (χ0v) is 12.5. The topological polar surface area (TPSA) is 54.7 Å². The molecule has 0 unspecified atom stereocenters. The van der Waals surface area contributed by atoms with Gasteiger partial charge in [0, 0.05) is 14.2 Å². The van der Waals surface area contributed by atoms with Crippen molar-refractivity contribution in [2.24, 2.45) is 0 Å². The van der Waals surface area contributed by atoms with Crippen molar-refractivity contribution < 1.29 is 4.39 Å². The van der Waals surface area contributed by atoms with Crippen molar-refractivity contribution in [3.63, 3.8) is 0 Å². The lowest BCUT2D eigenvalue weighted by Gasteiger charge is -2.00. The van der Waals surface area contributed by atoms with Gasteiger partial charge in [0.25, 0.3) is 0 Å². The molecule has 0 radical (unpaired) electrons. The van der Waals surface area contributed by atoms with Gasteiger partial charge in [-0.15, -0.1) is 0 Å². The highest BCUT2D eigenvalue weighted by molar-refractivity contribution is 14.1. The summed E-state index contributed by atoms with van der Waals surface area (Å²) in [7, 11) is 0. The molecular formula is C13H8ClFIN3. The van der Waals surface area contributed by atoms with Crippen molar-refractivity contribution in [2.75, 3.05) is 5.73 Å². The van der Waals surface area contributed by atoms with Gasteiger partial charge in [0.05, 0.1) is 11.2 Å². The predicted molar refractivity (Wildman–Crippen MR) is 83.6 cm³/mol. The molecule has 0 bridgehead atoms. The first-order valence-corrected chi connectivity index (χ1v) is 6.90. The number of hydrogen-bond acceptors (Lipinski definition) is 2. The summed E-state index contributed by atoms with van der Waals surface area (Å²) >= 11 is 8.02. The number of benzene rings is 2. The number of nitrogens with zero attached hydrogens (tertiary/aromatic N) is 1. The molecule has 3 N–H and O–H groups in total. The van der Waals surface area contributed by atoms with Crippen LogP contribution in [-0.2, 0) is 0 Å². The summed E-state index contributed by atoms with van der Waals surface area (Å²) in [6.45, 7) is 0. The van der Waals surface area contributed by atoms with Crippen molar-refractivity contribution in [1.29, 1.82) is 0 Å². The van der Waals surface area contributed by atoms with E-state index in [1.54, 1.807) is 18.2 Å². The molecule has 0 aliphatic heterocycles. The summed E-state index contributed by atoms with van der Waals surface area (Å²) in [5, 5.41) is 0.550. The Hall–Kier alpha value is -1.34. The molecule has 0 spiro atoms. The molecule has 0 aliphatic carbocycles. The number of aromatic amines is 1. The number of rotatable bonds is 1. The van der Waals surface area contributed by atoms with Crippen LogP contribution in [0.5, 0.6) is 0 Å². The molecule has 3 aromatic rings. The summed E-state index contributed by atoms with van der Waals surface area (Å²) < 4.78 is 13.9. The summed E-state index contributed by atoms with van der Waals surface area (Å²) in [5.41, 5.74) is 8.66. The van der Waals surface area contributed by atoms with Gasteiger partial charge in [0.1, 0.15) is 17.2 Å². The molecule has 19 heavy (non-hydrogen) atoms. The second kappa shape index (κ2) is 4.64. The molecule has 1 heterocycles. The van der Waals surface area contributed by atoms with Crippen LogP contribution in [-0.4, -0.2) is 9.97 Å². The molecule has 6 heteroatoms. The average molecular weight is 388 g/mol. The lowest BCUT2D eigenvalue weighted by molar-refractivity contribution is 0.627. The standard InChI is InChI=1S/C13H8ClFIN3/c14-6-3-10(17)12-11(4-6)18-13(19-12)8-2-1-7(15)5-9(8)16/h1-5H,17H2,(H,18,19). The highest BCUT2D eigenvalue weighted by Gasteiger charge is 2.11. The van der Waals surface area contributed by atoms with E-state index >= 15 is 0 Å². The van der Waals surface area contributed by atoms with E-state index in [1.165, 1.54) is 12.1 Å². The summed E-state index contributed by atoms with van der Waals surface area (Å²) in [5.74, 6) is 0.375. The van der Waals surface area contributed by atoms with Gasteiger partial charge in [-0.25, -0.2) is 9.37 Å². The van der Waals surface area contributed by atoms with Crippen molar-refractivity contribution in [1.82, 2.24) is 9.97 Å². The van der Waals surface area contributed by atoms with E-state index in [9.17, 15) is 4.39 Å². The molecule has 0 amide bonds. The van der Waals surface area contributed by atoms with Gasteiger partial charge in [-0.2, -0.15) is 0 Å². The van der Waals surface area contributed by atoms with E-state index in [0.717, 1.165) is 14.7 Å². The molecule has 0 saturated carbocycles. The quantitative estimate of drug-likeness (QED) is 0.485. The van der Waals surface area contributed by atoms with Gasteiger partial charge in [-0.05, 0) is 52.9 Å². The van der Waals surface area contributed by atoms with E-state index in [0.29, 0.717) is 22.1 Å². The molecule has 0 atom stereocenters. The third-order valence-corrected chi connectivity index (χ3v) is 3.88. The van der Waals surface area contributed by atoms with Gasteiger partial charge in [0.15, 0.2) is 0 Å². The smallest absolute Gasteiger partial charge is 0.139 e. The highest BCUT2D eigenvalue weighted by atomic mass is 127. The Labute approximate surface area is 127 Å². The normalized spacial score (nSPS) is 11.1. The zero-order chi connectivity index (χ0) is 13.6. The van der Waals surface area contributed by atoms with Crippen molar-refractivity contribution in [2.45, 2.75) is 0 Å².